The Morgan fingerprint density at radius 3 is 2.71 bits per heavy atom. The molecule has 42 valence electrons. The van der Waals surface area contributed by atoms with Gasteiger partial charge in [0.2, 0.25) is 0 Å². The van der Waals surface area contributed by atoms with Crippen LogP contribution in [0, 0.1) is 0 Å². The molecule has 0 unspecified atom stereocenters. The lowest BCUT2D eigenvalue weighted by Crippen LogP contribution is -2.00. The van der Waals surface area contributed by atoms with Crippen LogP contribution in [0.15, 0.2) is 0 Å². The molecule has 7 heavy (non-hydrogen) atoms. The van der Waals surface area contributed by atoms with Crippen molar-refractivity contribution in [3.05, 3.63) is 0 Å². The molecule has 0 bridgehead atoms. The smallest absolute Gasteiger partial charge is 0.430 e. The predicted octanol–water partition coefficient (Wildman–Crippen LogP) is -1.36. The van der Waals surface area contributed by atoms with Gasteiger partial charge in [0.1, 0.15) is 0 Å². The molecule has 0 radical (unpaired) electrons. The molecule has 0 saturated carbocycles. The quantitative estimate of drug-likeness (QED) is 0.342. The van der Waals surface area contributed by atoms with Crippen molar-refractivity contribution in [3.63, 3.8) is 0 Å². The van der Waals surface area contributed by atoms with Gasteiger partial charge in [-0.15, -0.1) is 0 Å². The fraction of sp³-hybridized carbons (Fsp3) is 1.00. The van der Waals surface area contributed by atoms with E-state index in [1.165, 1.54) is 0 Å². The van der Waals surface area contributed by atoms with Gasteiger partial charge in [0.25, 0.3) is 0 Å². The summed E-state index contributed by atoms with van der Waals surface area (Å²) in [6.07, 6.45) is 0.598. The summed E-state index contributed by atoms with van der Waals surface area (Å²) in [7, 11) is -0.250. The Morgan fingerprint density at radius 2 is 2.29 bits per heavy atom. The molecule has 0 atom stereocenters. The zero-order valence-electron chi connectivity index (χ0n) is 4.13. The summed E-state index contributed by atoms with van der Waals surface area (Å²) in [5.74, 6) is 0. The van der Waals surface area contributed by atoms with Gasteiger partial charge < -0.3 is 14.8 Å². The SMILES string of the molecule is OBOCCCO. The third kappa shape index (κ3) is 5.94. The highest BCUT2D eigenvalue weighted by atomic mass is 16.5. The van der Waals surface area contributed by atoms with Gasteiger partial charge in [-0.1, -0.05) is 0 Å². The molecule has 0 aliphatic heterocycles. The normalized spacial score (nSPS) is 8.86. The zero-order chi connectivity index (χ0) is 5.54. The number of rotatable bonds is 4. The first-order chi connectivity index (χ1) is 3.41. The van der Waals surface area contributed by atoms with Crippen molar-refractivity contribution in [2.45, 2.75) is 6.42 Å². The van der Waals surface area contributed by atoms with Gasteiger partial charge in [0, 0.05) is 13.2 Å². The number of hydrogen-bond acceptors (Lipinski definition) is 3. The van der Waals surface area contributed by atoms with Crippen LogP contribution < -0.4 is 0 Å². The lowest BCUT2D eigenvalue weighted by atomic mass is 10.4. The van der Waals surface area contributed by atoms with Crippen molar-refractivity contribution in [3.8, 4) is 0 Å². The lowest BCUT2D eigenvalue weighted by Gasteiger charge is -1.92. The van der Waals surface area contributed by atoms with E-state index in [4.69, 9.17) is 10.1 Å². The van der Waals surface area contributed by atoms with E-state index in [2.05, 4.69) is 4.65 Å². The van der Waals surface area contributed by atoms with Crippen LogP contribution in [0.4, 0.5) is 0 Å². The Kier molecular flexibility index (Phi) is 5.90. The summed E-state index contributed by atoms with van der Waals surface area (Å²) >= 11 is 0. The largest absolute Gasteiger partial charge is 0.435 e. The molecule has 3 nitrogen and oxygen atoms in total. The van der Waals surface area contributed by atoms with Crippen molar-refractivity contribution in [2.75, 3.05) is 13.2 Å². The van der Waals surface area contributed by atoms with Crippen LogP contribution in [0.3, 0.4) is 0 Å². The molecule has 0 aromatic heterocycles. The van der Waals surface area contributed by atoms with Crippen LogP contribution >= 0.6 is 0 Å². The highest BCUT2D eigenvalue weighted by molar-refractivity contribution is 6.15. The Labute approximate surface area is 43.2 Å². The van der Waals surface area contributed by atoms with Crippen LogP contribution in [0.5, 0.6) is 0 Å². The standard InChI is InChI=1S/C3H9BO3/c5-2-1-3-7-4-6/h4-6H,1-3H2. The predicted molar refractivity (Wildman–Crippen MR) is 27.0 cm³/mol. The van der Waals surface area contributed by atoms with E-state index >= 15 is 0 Å². The van der Waals surface area contributed by atoms with Crippen molar-refractivity contribution in [1.29, 1.82) is 0 Å². The molecule has 0 rings (SSSR count). The second kappa shape index (κ2) is 5.94. The van der Waals surface area contributed by atoms with E-state index < -0.39 is 0 Å². The van der Waals surface area contributed by atoms with Crippen LogP contribution in [0.1, 0.15) is 6.42 Å². The van der Waals surface area contributed by atoms with Gasteiger partial charge in [-0.2, -0.15) is 0 Å². The lowest BCUT2D eigenvalue weighted by molar-refractivity contribution is 0.222. The van der Waals surface area contributed by atoms with Crippen LogP contribution in [0.2, 0.25) is 0 Å². The van der Waals surface area contributed by atoms with E-state index in [9.17, 15) is 0 Å². The molecule has 0 amide bonds. The van der Waals surface area contributed by atoms with E-state index in [1.807, 2.05) is 0 Å². The van der Waals surface area contributed by atoms with Crippen LogP contribution in [-0.4, -0.2) is 31.0 Å². The summed E-state index contributed by atoms with van der Waals surface area (Å²) < 4.78 is 4.47. The monoisotopic (exact) mass is 104 g/mol. The summed E-state index contributed by atoms with van der Waals surface area (Å²) in [6.45, 7) is 0.562. The zero-order valence-corrected chi connectivity index (χ0v) is 4.13. The molecular formula is C3H9BO3. The fourth-order valence-electron chi connectivity index (χ4n) is 0.231. The van der Waals surface area contributed by atoms with Crippen molar-refractivity contribution < 1.29 is 14.8 Å². The van der Waals surface area contributed by atoms with Crippen molar-refractivity contribution in [2.24, 2.45) is 0 Å². The number of hydrogen-bond donors (Lipinski definition) is 2. The summed E-state index contributed by atoms with van der Waals surface area (Å²) in [5.41, 5.74) is 0. The summed E-state index contributed by atoms with van der Waals surface area (Å²) in [6, 6.07) is 0. The van der Waals surface area contributed by atoms with Gasteiger partial charge >= 0.3 is 7.69 Å². The summed E-state index contributed by atoms with van der Waals surface area (Å²) in [4.78, 5) is 0. The minimum Gasteiger partial charge on any atom is -0.430 e. The van der Waals surface area contributed by atoms with Crippen molar-refractivity contribution in [1.82, 2.24) is 0 Å². The van der Waals surface area contributed by atoms with Crippen molar-refractivity contribution >= 4 is 7.69 Å². The molecule has 4 heteroatoms. The highest BCUT2D eigenvalue weighted by Gasteiger charge is 1.82. The molecular weight excluding hydrogens is 94.8 g/mol. The average Bonchev–Trinajstić information content (AvgIpc) is 1.69. The van der Waals surface area contributed by atoms with Crippen LogP contribution in [0.25, 0.3) is 0 Å². The molecule has 0 aromatic carbocycles. The molecule has 0 aromatic rings. The Bertz CT molecular complexity index is 29.4. The average molecular weight is 104 g/mol. The first kappa shape index (κ1) is 6.94. The first-order valence-corrected chi connectivity index (χ1v) is 2.21. The third-order valence-corrected chi connectivity index (χ3v) is 0.538. The van der Waals surface area contributed by atoms with Gasteiger partial charge in [0.15, 0.2) is 0 Å². The second-order valence-corrected chi connectivity index (χ2v) is 1.11. The Morgan fingerprint density at radius 1 is 1.57 bits per heavy atom. The molecule has 0 fully saturated rings. The topological polar surface area (TPSA) is 49.7 Å². The van der Waals surface area contributed by atoms with Gasteiger partial charge in [0.05, 0.1) is 0 Å². The molecule has 2 N–H and O–H groups in total. The third-order valence-electron chi connectivity index (χ3n) is 0.538. The maximum Gasteiger partial charge on any atom is 0.435 e. The highest BCUT2D eigenvalue weighted by Crippen LogP contribution is 1.74. The molecule has 0 heterocycles. The van der Waals surface area contributed by atoms with Gasteiger partial charge in [-0.3, -0.25) is 0 Å². The number of aliphatic hydroxyl groups is 1. The fourth-order valence-corrected chi connectivity index (χ4v) is 0.231. The Hall–Kier alpha value is -0.0551. The minimum absolute atomic E-state index is 0.125. The van der Waals surface area contributed by atoms with Gasteiger partial charge in [-0.05, 0) is 6.42 Å². The molecule has 0 saturated heterocycles. The number of aliphatic hydroxyl groups excluding tert-OH is 1. The van der Waals surface area contributed by atoms with E-state index in [1.54, 1.807) is 0 Å². The van der Waals surface area contributed by atoms with Crippen LogP contribution in [-0.2, 0) is 4.65 Å². The maximum absolute atomic E-state index is 8.13. The van der Waals surface area contributed by atoms with E-state index in [-0.39, 0.29) is 14.3 Å². The van der Waals surface area contributed by atoms with E-state index in [0.717, 1.165) is 0 Å². The van der Waals surface area contributed by atoms with E-state index in [0.29, 0.717) is 13.0 Å². The Balaban J connectivity index is 2.45. The minimum atomic E-state index is -0.250. The van der Waals surface area contributed by atoms with Gasteiger partial charge in [-0.25, -0.2) is 0 Å². The first-order valence-electron chi connectivity index (χ1n) is 2.21. The molecule has 0 aliphatic rings. The second-order valence-electron chi connectivity index (χ2n) is 1.11. The molecule has 0 aliphatic carbocycles. The summed E-state index contributed by atoms with van der Waals surface area (Å²) in [5, 5.41) is 16.1. The molecule has 0 spiro atoms. The maximum atomic E-state index is 8.13.